The maximum atomic E-state index is 13.9. The number of aliphatic hydroxyl groups excluding tert-OH is 8. The molecule has 2 aliphatic rings. The predicted octanol–water partition coefficient (Wildman–Crippen LogP) is -3.07. The van der Waals surface area contributed by atoms with Gasteiger partial charge in [0, 0.05) is 11.6 Å². The predicted molar refractivity (Wildman–Crippen MR) is 142 cm³/mol. The number of hydrogen-bond acceptors (Lipinski definition) is 17. The molecule has 44 heavy (non-hydrogen) atoms. The third-order valence-corrected chi connectivity index (χ3v) is 7.34. The summed E-state index contributed by atoms with van der Waals surface area (Å²) in [6, 6.07) is 5.97. The third-order valence-electron chi connectivity index (χ3n) is 7.34. The average molecular weight is 627 g/mol. The summed E-state index contributed by atoms with van der Waals surface area (Å²) in [6.45, 7) is -1.61. The summed E-state index contributed by atoms with van der Waals surface area (Å²) in [4.78, 5) is 13.9. The second kappa shape index (κ2) is 12.3. The van der Waals surface area contributed by atoms with Gasteiger partial charge in [-0.2, -0.15) is 0 Å². The zero-order valence-electron chi connectivity index (χ0n) is 22.4. The first-order valence-electron chi connectivity index (χ1n) is 13.2. The van der Waals surface area contributed by atoms with E-state index < -0.39 is 114 Å². The molecule has 0 bridgehead atoms. The molecule has 3 heterocycles. The highest BCUT2D eigenvalue weighted by Gasteiger charge is 2.47. The second-order valence-corrected chi connectivity index (χ2v) is 10.2. The summed E-state index contributed by atoms with van der Waals surface area (Å²) in [7, 11) is 0. The summed E-state index contributed by atoms with van der Waals surface area (Å²) >= 11 is 0. The number of hydrogen-bond donors (Lipinski definition) is 11. The molecular weight excluding hydrogens is 596 g/mol. The summed E-state index contributed by atoms with van der Waals surface area (Å²) < 4.78 is 27.4. The smallest absolute Gasteiger partial charge is 0.239 e. The van der Waals surface area contributed by atoms with Gasteiger partial charge in [-0.1, -0.05) is 0 Å². The molecule has 17 nitrogen and oxygen atoms in total. The number of benzene rings is 2. The van der Waals surface area contributed by atoms with Crippen LogP contribution in [0.25, 0.3) is 22.3 Å². The van der Waals surface area contributed by atoms with Crippen LogP contribution in [0.15, 0.2) is 39.5 Å². The molecule has 17 heteroatoms. The molecule has 2 aromatic carbocycles. The number of aromatic hydroxyl groups is 3. The van der Waals surface area contributed by atoms with Crippen molar-refractivity contribution < 1.29 is 79.5 Å². The van der Waals surface area contributed by atoms with Crippen LogP contribution in [0.2, 0.25) is 0 Å². The molecule has 11 N–H and O–H groups in total. The standard InChI is InChI=1S/C27H30O17/c28-6-12-15(32)19(36)21(38)26(41-12)43-24-10(31)5-11-14(17(24)34)18(35)25(23(40-11)8-1-3-9(30)4-2-8)44-27-22(39)20(37)16(33)13(7-29)42-27/h1-5,12-13,15-16,19-22,26-34,36-39H,6-7H2. The Bertz CT molecular complexity index is 1540. The van der Waals surface area contributed by atoms with E-state index in [9.17, 15) is 61.0 Å². The van der Waals surface area contributed by atoms with Crippen molar-refractivity contribution in [2.75, 3.05) is 13.2 Å². The fraction of sp³-hybridized carbons (Fsp3) is 0.444. The van der Waals surface area contributed by atoms with Crippen LogP contribution in [-0.2, 0) is 9.47 Å². The topological polar surface area (TPSA) is 290 Å². The molecule has 0 saturated carbocycles. The first kappa shape index (κ1) is 31.7. The van der Waals surface area contributed by atoms with Crippen LogP contribution < -0.4 is 14.9 Å². The summed E-state index contributed by atoms with van der Waals surface area (Å²) in [5.41, 5.74) is -1.47. The van der Waals surface area contributed by atoms with Gasteiger partial charge in [-0.15, -0.1) is 0 Å². The molecule has 5 rings (SSSR count). The van der Waals surface area contributed by atoms with Gasteiger partial charge in [0.25, 0.3) is 0 Å². The van der Waals surface area contributed by atoms with Gasteiger partial charge in [0.05, 0.1) is 13.2 Å². The highest BCUT2D eigenvalue weighted by atomic mass is 16.7. The minimum absolute atomic E-state index is 0.113. The SMILES string of the molecule is O=c1c(OC2OC(CO)C(O)C(O)C2O)c(-c2ccc(O)cc2)oc2cc(O)c(OC3OC(CO)C(O)C(O)C3O)c(O)c12. The largest absolute Gasteiger partial charge is 0.508 e. The lowest BCUT2D eigenvalue weighted by Gasteiger charge is -2.39. The lowest BCUT2D eigenvalue weighted by Crippen LogP contribution is -2.60. The summed E-state index contributed by atoms with van der Waals surface area (Å²) in [5, 5.41) is 111. The molecule has 240 valence electrons. The number of phenols is 3. The van der Waals surface area contributed by atoms with Crippen molar-refractivity contribution in [2.24, 2.45) is 0 Å². The van der Waals surface area contributed by atoms with Crippen molar-refractivity contribution >= 4 is 11.0 Å². The van der Waals surface area contributed by atoms with Gasteiger partial charge < -0.3 is 79.5 Å². The maximum Gasteiger partial charge on any atom is 0.239 e. The van der Waals surface area contributed by atoms with Crippen LogP contribution in [0.5, 0.6) is 28.7 Å². The van der Waals surface area contributed by atoms with E-state index in [4.69, 9.17) is 23.4 Å². The zero-order valence-corrected chi connectivity index (χ0v) is 22.4. The van der Waals surface area contributed by atoms with Crippen LogP contribution >= 0.6 is 0 Å². The Hall–Kier alpha value is -3.75. The zero-order chi connectivity index (χ0) is 32.0. The number of ether oxygens (including phenoxy) is 4. The van der Waals surface area contributed by atoms with E-state index in [1.807, 2.05) is 0 Å². The number of fused-ring (bicyclic) bond motifs is 1. The monoisotopic (exact) mass is 626 g/mol. The Balaban J connectivity index is 1.63. The number of phenolic OH excluding ortho intramolecular Hbond substituents is 3. The van der Waals surface area contributed by atoms with Crippen molar-refractivity contribution in [1.29, 1.82) is 0 Å². The quantitative estimate of drug-likeness (QED) is 0.124. The highest BCUT2D eigenvalue weighted by Crippen LogP contribution is 2.45. The van der Waals surface area contributed by atoms with Gasteiger partial charge in [0.1, 0.15) is 65.6 Å². The van der Waals surface area contributed by atoms with Crippen molar-refractivity contribution in [1.82, 2.24) is 0 Å². The van der Waals surface area contributed by atoms with Gasteiger partial charge in [-0.25, -0.2) is 0 Å². The minimum Gasteiger partial charge on any atom is -0.508 e. The molecule has 10 atom stereocenters. The minimum atomic E-state index is -1.95. The van der Waals surface area contributed by atoms with Crippen LogP contribution in [0.3, 0.4) is 0 Å². The Morgan fingerprint density at radius 2 is 1.18 bits per heavy atom. The van der Waals surface area contributed by atoms with E-state index in [0.717, 1.165) is 6.07 Å². The molecule has 0 aliphatic carbocycles. The molecule has 3 aromatic rings. The molecule has 10 unspecified atom stereocenters. The first-order chi connectivity index (χ1) is 20.9. The fourth-order valence-corrected chi connectivity index (χ4v) is 4.87. The van der Waals surface area contributed by atoms with Crippen molar-refractivity contribution in [2.45, 2.75) is 61.4 Å². The average Bonchev–Trinajstić information content (AvgIpc) is 3.00. The molecule has 2 saturated heterocycles. The highest BCUT2D eigenvalue weighted by molar-refractivity contribution is 5.91. The van der Waals surface area contributed by atoms with E-state index in [0.29, 0.717) is 0 Å². The molecule has 2 fully saturated rings. The lowest BCUT2D eigenvalue weighted by molar-refractivity contribution is -0.277. The fourth-order valence-electron chi connectivity index (χ4n) is 4.87. The van der Waals surface area contributed by atoms with Crippen LogP contribution in [0.1, 0.15) is 0 Å². The van der Waals surface area contributed by atoms with E-state index in [1.165, 1.54) is 24.3 Å². The molecular formula is C27H30O17. The van der Waals surface area contributed by atoms with Gasteiger partial charge >= 0.3 is 0 Å². The van der Waals surface area contributed by atoms with E-state index >= 15 is 0 Å². The Morgan fingerprint density at radius 1 is 0.682 bits per heavy atom. The van der Waals surface area contributed by atoms with E-state index in [2.05, 4.69) is 0 Å². The summed E-state index contributed by atoms with van der Waals surface area (Å²) in [5.74, 6) is -3.99. The molecule has 1 aromatic heterocycles. The normalized spacial score (nSPS) is 32.5. The first-order valence-corrected chi connectivity index (χ1v) is 13.2. The summed E-state index contributed by atoms with van der Waals surface area (Å²) in [6.07, 6.45) is -17.7. The van der Waals surface area contributed by atoms with Crippen molar-refractivity contribution in [3.05, 3.63) is 40.6 Å². The molecule has 0 radical (unpaired) electrons. The van der Waals surface area contributed by atoms with E-state index in [-0.39, 0.29) is 17.1 Å². The van der Waals surface area contributed by atoms with Gasteiger partial charge in [-0.05, 0) is 24.3 Å². The van der Waals surface area contributed by atoms with Crippen LogP contribution in [0, 0.1) is 0 Å². The van der Waals surface area contributed by atoms with Crippen LogP contribution in [0.4, 0.5) is 0 Å². The van der Waals surface area contributed by atoms with Crippen molar-refractivity contribution in [3.63, 3.8) is 0 Å². The van der Waals surface area contributed by atoms with Crippen LogP contribution in [-0.4, -0.2) is 131 Å². The Morgan fingerprint density at radius 3 is 1.68 bits per heavy atom. The molecule has 2 aliphatic heterocycles. The Labute approximate surface area is 246 Å². The van der Waals surface area contributed by atoms with Crippen molar-refractivity contribution in [3.8, 4) is 40.1 Å². The lowest BCUT2D eigenvalue weighted by atomic mass is 9.99. The maximum absolute atomic E-state index is 13.9. The number of rotatable bonds is 7. The van der Waals surface area contributed by atoms with Gasteiger partial charge in [0.2, 0.25) is 29.5 Å². The molecule has 0 spiro atoms. The van der Waals surface area contributed by atoms with Gasteiger partial charge in [0.15, 0.2) is 17.3 Å². The third kappa shape index (κ3) is 5.50. The van der Waals surface area contributed by atoms with E-state index in [1.54, 1.807) is 0 Å². The second-order valence-electron chi connectivity index (χ2n) is 10.2. The van der Waals surface area contributed by atoms with Gasteiger partial charge in [-0.3, -0.25) is 4.79 Å². The Kier molecular flexibility index (Phi) is 8.87. The molecule has 0 amide bonds. The number of aliphatic hydroxyl groups is 8.